The fourth-order valence-electron chi connectivity index (χ4n) is 4.81. The molecule has 2 aromatic carbocycles. The number of aliphatic hydroxyl groups is 1. The van der Waals surface area contributed by atoms with Crippen molar-refractivity contribution in [2.24, 2.45) is 0 Å². The molecule has 1 saturated heterocycles. The van der Waals surface area contributed by atoms with Gasteiger partial charge in [0.2, 0.25) is 10.0 Å². The molecule has 0 radical (unpaired) electrons. The molecule has 0 aliphatic carbocycles. The molecule has 196 valence electrons. The van der Waals surface area contributed by atoms with E-state index < -0.39 is 22.2 Å². The van der Waals surface area contributed by atoms with Gasteiger partial charge in [0.25, 0.3) is 0 Å². The Labute approximate surface area is 214 Å². The van der Waals surface area contributed by atoms with Crippen LogP contribution in [0.4, 0.5) is 0 Å². The van der Waals surface area contributed by atoms with E-state index in [4.69, 9.17) is 14.2 Å². The number of hydrogen-bond donors (Lipinski definition) is 1. The number of sulfonamides is 1. The van der Waals surface area contributed by atoms with Crippen molar-refractivity contribution < 1.29 is 27.7 Å². The summed E-state index contributed by atoms with van der Waals surface area (Å²) in [5.74, 6) is 0.849. The maximum absolute atomic E-state index is 13.2. The first-order chi connectivity index (χ1) is 17.1. The molecule has 2 aliphatic heterocycles. The van der Waals surface area contributed by atoms with Crippen LogP contribution in [0.25, 0.3) is 5.57 Å². The predicted octanol–water partition coefficient (Wildman–Crippen LogP) is 4.32. The molecule has 4 rings (SSSR count). The van der Waals surface area contributed by atoms with Crippen molar-refractivity contribution in [3.8, 4) is 5.75 Å². The van der Waals surface area contributed by atoms with Crippen molar-refractivity contribution >= 4 is 15.6 Å². The van der Waals surface area contributed by atoms with Gasteiger partial charge in [0.05, 0.1) is 23.7 Å². The van der Waals surface area contributed by atoms with Crippen LogP contribution in [-0.2, 0) is 26.1 Å². The predicted molar refractivity (Wildman–Crippen MR) is 139 cm³/mol. The number of benzene rings is 2. The molecule has 8 heteroatoms. The molecule has 2 aliphatic rings. The number of nitrogens with zero attached hydrogens (tertiary/aromatic N) is 1. The Morgan fingerprint density at radius 1 is 1.14 bits per heavy atom. The average molecular weight is 516 g/mol. The Balaban J connectivity index is 1.45. The second kappa shape index (κ2) is 11.0. The number of methoxy groups -OCH3 is 1. The molecule has 7 nitrogen and oxygen atoms in total. The second-order valence-corrected chi connectivity index (χ2v) is 12.2. The van der Waals surface area contributed by atoms with Gasteiger partial charge < -0.3 is 19.3 Å². The van der Waals surface area contributed by atoms with Crippen LogP contribution < -0.4 is 4.74 Å². The van der Waals surface area contributed by atoms with Gasteiger partial charge in [0.15, 0.2) is 0 Å². The highest BCUT2D eigenvalue weighted by molar-refractivity contribution is 7.89. The smallest absolute Gasteiger partial charge is 0.243 e. The lowest BCUT2D eigenvalue weighted by atomic mass is 9.91. The number of aryl methyl sites for hydroxylation is 1. The summed E-state index contributed by atoms with van der Waals surface area (Å²) in [6.07, 6.45) is 3.18. The third-order valence-electron chi connectivity index (χ3n) is 6.58. The lowest BCUT2D eigenvalue weighted by Crippen LogP contribution is -2.49. The van der Waals surface area contributed by atoms with Gasteiger partial charge in [-0.15, -0.1) is 0 Å². The van der Waals surface area contributed by atoms with Crippen molar-refractivity contribution in [3.05, 3.63) is 65.2 Å². The Morgan fingerprint density at radius 2 is 1.89 bits per heavy atom. The van der Waals surface area contributed by atoms with Gasteiger partial charge in [-0.25, -0.2) is 8.42 Å². The molecule has 36 heavy (non-hydrogen) atoms. The summed E-state index contributed by atoms with van der Waals surface area (Å²) in [6, 6.07) is 12.8. The second-order valence-electron chi connectivity index (χ2n) is 10.3. The average Bonchev–Trinajstić information content (AvgIpc) is 2.82. The molecule has 2 atom stereocenters. The molecule has 1 N–H and O–H groups in total. The van der Waals surface area contributed by atoms with E-state index in [0.717, 1.165) is 35.3 Å². The molecule has 2 unspecified atom stereocenters. The Hall–Kier alpha value is -2.23. The van der Waals surface area contributed by atoms with Gasteiger partial charge in [0.1, 0.15) is 11.4 Å². The van der Waals surface area contributed by atoms with Gasteiger partial charge >= 0.3 is 0 Å². The lowest BCUT2D eigenvalue weighted by Gasteiger charge is -2.35. The van der Waals surface area contributed by atoms with Crippen molar-refractivity contribution in [2.45, 2.75) is 69.3 Å². The maximum Gasteiger partial charge on any atom is 0.243 e. The first-order valence-electron chi connectivity index (χ1n) is 12.5. The van der Waals surface area contributed by atoms with Crippen LogP contribution in [0.5, 0.6) is 5.75 Å². The fourth-order valence-corrected chi connectivity index (χ4v) is 6.32. The molecule has 2 heterocycles. The number of aliphatic hydroxyl groups excluding tert-OH is 1. The Kier molecular flexibility index (Phi) is 8.22. The third kappa shape index (κ3) is 6.36. The van der Waals surface area contributed by atoms with E-state index in [-0.39, 0.29) is 23.6 Å². The van der Waals surface area contributed by atoms with Crippen LogP contribution in [0.1, 0.15) is 49.8 Å². The summed E-state index contributed by atoms with van der Waals surface area (Å²) < 4.78 is 45.2. The summed E-state index contributed by atoms with van der Waals surface area (Å²) in [5, 5.41) is 10.4. The van der Waals surface area contributed by atoms with Crippen molar-refractivity contribution in [2.75, 3.05) is 26.8 Å². The highest BCUT2D eigenvalue weighted by Gasteiger charge is 2.35. The molecule has 0 aromatic heterocycles. The molecule has 2 aromatic rings. The number of fused-ring (bicyclic) bond motifs is 1. The Morgan fingerprint density at radius 3 is 2.61 bits per heavy atom. The van der Waals surface area contributed by atoms with Crippen LogP contribution in [0.15, 0.2) is 53.4 Å². The van der Waals surface area contributed by atoms with E-state index in [9.17, 15) is 13.5 Å². The van der Waals surface area contributed by atoms with Gasteiger partial charge in [0, 0.05) is 38.8 Å². The molecule has 0 spiro atoms. The number of hydrogen-bond acceptors (Lipinski definition) is 6. The van der Waals surface area contributed by atoms with Crippen molar-refractivity contribution in [1.82, 2.24) is 4.31 Å². The zero-order valence-electron chi connectivity index (χ0n) is 21.6. The highest BCUT2D eigenvalue weighted by atomic mass is 32.2. The van der Waals surface area contributed by atoms with E-state index in [1.165, 1.54) is 9.88 Å². The summed E-state index contributed by atoms with van der Waals surface area (Å²) in [5.41, 5.74) is 3.87. The molecule has 0 bridgehead atoms. The van der Waals surface area contributed by atoms with Gasteiger partial charge in [-0.2, -0.15) is 4.31 Å². The van der Waals surface area contributed by atoms with E-state index in [1.807, 2.05) is 32.9 Å². The topological polar surface area (TPSA) is 85.3 Å². The molecular weight excluding hydrogens is 478 g/mol. The zero-order valence-corrected chi connectivity index (χ0v) is 22.4. The number of allylic oxidation sites excluding steroid dienone is 1. The maximum atomic E-state index is 13.2. The SMILES string of the molecule is COCCCC1=CC(C)(C)Oc2ccc(COC3CC(O)CN(S(=O)(=O)c4ccc(C)cc4)C3)cc21. The van der Waals surface area contributed by atoms with Crippen LogP contribution in [0.2, 0.25) is 0 Å². The number of rotatable bonds is 9. The van der Waals surface area contributed by atoms with Gasteiger partial charge in [-0.05, 0) is 75.1 Å². The Bertz CT molecular complexity index is 1190. The molecular formula is C28H37NO6S. The summed E-state index contributed by atoms with van der Waals surface area (Å²) in [6.45, 7) is 7.30. The quantitative estimate of drug-likeness (QED) is 0.501. The fraction of sp³-hybridized carbons (Fsp3) is 0.500. The number of β-amino-alcohol motifs (C(OH)–C–C–N with tert-alkyl or cyclic N) is 1. The summed E-state index contributed by atoms with van der Waals surface area (Å²) in [4.78, 5) is 0.228. The molecule has 0 saturated carbocycles. The third-order valence-corrected chi connectivity index (χ3v) is 8.43. The monoisotopic (exact) mass is 515 g/mol. The van der Waals surface area contributed by atoms with Crippen molar-refractivity contribution in [3.63, 3.8) is 0 Å². The van der Waals surface area contributed by atoms with E-state index in [1.54, 1.807) is 31.4 Å². The normalized spacial score (nSPS) is 22.0. The summed E-state index contributed by atoms with van der Waals surface area (Å²) >= 11 is 0. The minimum Gasteiger partial charge on any atom is -0.483 e. The van der Waals surface area contributed by atoms with Crippen LogP contribution >= 0.6 is 0 Å². The zero-order chi connectivity index (χ0) is 25.9. The lowest BCUT2D eigenvalue weighted by molar-refractivity contribution is -0.0344. The molecule has 1 fully saturated rings. The largest absolute Gasteiger partial charge is 0.483 e. The minimum absolute atomic E-state index is 0.0671. The summed E-state index contributed by atoms with van der Waals surface area (Å²) in [7, 11) is -2.00. The minimum atomic E-state index is -3.71. The van der Waals surface area contributed by atoms with Crippen LogP contribution in [0.3, 0.4) is 0 Å². The van der Waals surface area contributed by atoms with Crippen LogP contribution in [-0.4, -0.2) is 62.4 Å². The van der Waals surface area contributed by atoms with Gasteiger partial charge in [-0.1, -0.05) is 23.8 Å². The first-order valence-corrected chi connectivity index (χ1v) is 13.9. The van der Waals surface area contributed by atoms with E-state index >= 15 is 0 Å². The molecule has 0 amide bonds. The van der Waals surface area contributed by atoms with E-state index in [2.05, 4.69) is 12.1 Å². The highest BCUT2D eigenvalue weighted by Crippen LogP contribution is 2.39. The van der Waals surface area contributed by atoms with E-state index in [0.29, 0.717) is 19.6 Å². The number of ether oxygens (including phenoxy) is 3. The van der Waals surface area contributed by atoms with Crippen LogP contribution in [0, 0.1) is 6.92 Å². The standard InChI is InChI=1S/C28H37NO6S/c1-20-7-10-25(11-8-20)36(31,32)29-17-23(30)15-24(18-29)34-19-21-9-12-27-26(14-21)22(6-5-13-33-4)16-28(2,3)35-27/h7-12,14,16,23-24,30H,5-6,13,15,17-19H2,1-4H3. The van der Waals surface area contributed by atoms with Crippen molar-refractivity contribution in [1.29, 1.82) is 0 Å². The van der Waals surface area contributed by atoms with Gasteiger partial charge in [-0.3, -0.25) is 0 Å². The first kappa shape index (κ1) is 26.8. The number of piperidine rings is 1.